The minimum atomic E-state index is -3.65. The number of hydrogen-bond donors (Lipinski definition) is 3. The molecule has 0 aromatic heterocycles. The molecule has 20 heavy (non-hydrogen) atoms. The number of carbonyl (C=O) groups is 1. The molecular formula is C13H19N3O3S. The molecule has 1 amide bonds. The summed E-state index contributed by atoms with van der Waals surface area (Å²) in [5, 5.41) is 5.76. The van der Waals surface area contributed by atoms with Gasteiger partial charge in [0.1, 0.15) is 0 Å². The number of benzene rings is 1. The molecule has 0 aliphatic carbocycles. The first-order chi connectivity index (χ1) is 9.54. The van der Waals surface area contributed by atoms with Crippen molar-refractivity contribution in [2.24, 2.45) is 0 Å². The van der Waals surface area contributed by atoms with Crippen LogP contribution in [-0.4, -0.2) is 34.0 Å². The van der Waals surface area contributed by atoms with E-state index in [9.17, 15) is 13.2 Å². The summed E-state index contributed by atoms with van der Waals surface area (Å²) in [5.41, 5.74) is 1.84. The van der Waals surface area contributed by atoms with Crippen molar-refractivity contribution in [3.8, 4) is 0 Å². The van der Waals surface area contributed by atoms with Crippen LogP contribution in [0, 0.1) is 0 Å². The van der Waals surface area contributed by atoms with Gasteiger partial charge in [0.05, 0.1) is 11.4 Å². The van der Waals surface area contributed by atoms with E-state index < -0.39 is 10.0 Å². The van der Waals surface area contributed by atoms with Crippen molar-refractivity contribution < 1.29 is 13.2 Å². The van der Waals surface area contributed by atoms with Crippen molar-refractivity contribution in [2.75, 3.05) is 19.6 Å². The van der Waals surface area contributed by atoms with Gasteiger partial charge in [-0.1, -0.05) is 12.1 Å². The highest BCUT2D eigenvalue weighted by molar-refractivity contribution is 7.89. The molecule has 7 heteroatoms. The average Bonchev–Trinajstić information content (AvgIpc) is 2.45. The Labute approximate surface area is 119 Å². The second kappa shape index (κ2) is 6.34. The predicted molar refractivity (Wildman–Crippen MR) is 75.7 cm³/mol. The van der Waals surface area contributed by atoms with Gasteiger partial charge in [-0.2, -0.15) is 0 Å². The Morgan fingerprint density at radius 1 is 1.40 bits per heavy atom. The molecule has 1 aromatic carbocycles. The van der Waals surface area contributed by atoms with E-state index in [-0.39, 0.29) is 17.3 Å². The molecule has 0 unspecified atom stereocenters. The highest BCUT2D eigenvalue weighted by Gasteiger charge is 2.22. The largest absolute Gasteiger partial charge is 0.355 e. The van der Waals surface area contributed by atoms with Crippen LogP contribution in [0.1, 0.15) is 18.1 Å². The normalized spacial score (nSPS) is 14.7. The molecule has 1 aliphatic heterocycles. The number of likely N-dealkylation sites (N-methyl/N-ethyl adjacent to an activating group) is 1. The molecule has 1 heterocycles. The zero-order chi connectivity index (χ0) is 14.6. The minimum Gasteiger partial charge on any atom is -0.355 e. The predicted octanol–water partition coefficient (Wildman–Crippen LogP) is -0.253. The van der Waals surface area contributed by atoms with Gasteiger partial charge in [-0.15, -0.1) is 0 Å². The van der Waals surface area contributed by atoms with Gasteiger partial charge in [-0.3, -0.25) is 4.79 Å². The van der Waals surface area contributed by atoms with Gasteiger partial charge < -0.3 is 10.6 Å². The molecule has 110 valence electrons. The number of fused-ring (bicyclic) bond motifs is 1. The van der Waals surface area contributed by atoms with E-state index in [4.69, 9.17) is 0 Å². The summed E-state index contributed by atoms with van der Waals surface area (Å²) in [6.45, 7) is 3.46. The Morgan fingerprint density at radius 3 is 2.95 bits per heavy atom. The maximum atomic E-state index is 12.3. The molecular weight excluding hydrogens is 278 g/mol. The minimum absolute atomic E-state index is 0.238. The average molecular weight is 297 g/mol. The van der Waals surface area contributed by atoms with Crippen LogP contribution in [-0.2, 0) is 27.8 Å². The van der Waals surface area contributed by atoms with E-state index in [1.54, 1.807) is 19.1 Å². The third-order valence-corrected chi connectivity index (χ3v) is 4.67. The Morgan fingerprint density at radius 2 is 2.20 bits per heavy atom. The van der Waals surface area contributed by atoms with Gasteiger partial charge in [0.2, 0.25) is 15.9 Å². The van der Waals surface area contributed by atoms with Crippen LogP contribution in [0.2, 0.25) is 0 Å². The van der Waals surface area contributed by atoms with Gasteiger partial charge in [-0.25, -0.2) is 13.1 Å². The maximum absolute atomic E-state index is 12.3. The lowest BCUT2D eigenvalue weighted by molar-refractivity contribution is -0.119. The zero-order valence-corrected chi connectivity index (χ0v) is 12.2. The summed E-state index contributed by atoms with van der Waals surface area (Å²) in [7, 11) is -3.65. The number of rotatable bonds is 5. The van der Waals surface area contributed by atoms with Crippen LogP contribution >= 0.6 is 0 Å². The lowest BCUT2D eigenvalue weighted by atomic mass is 10.0. The Kier molecular flexibility index (Phi) is 4.74. The monoisotopic (exact) mass is 297 g/mol. The fraction of sp³-hybridized carbons (Fsp3) is 0.462. The first-order valence-electron chi connectivity index (χ1n) is 6.62. The lowest BCUT2D eigenvalue weighted by Crippen LogP contribution is -2.37. The van der Waals surface area contributed by atoms with E-state index in [0.717, 1.165) is 17.7 Å². The number of carbonyl (C=O) groups excluding carboxylic acids is 1. The molecule has 0 saturated heterocycles. The number of hydrogen-bond acceptors (Lipinski definition) is 4. The Hall–Kier alpha value is -1.44. The highest BCUT2D eigenvalue weighted by atomic mass is 32.2. The summed E-state index contributed by atoms with van der Waals surface area (Å²) in [4.78, 5) is 11.6. The van der Waals surface area contributed by atoms with Gasteiger partial charge in [-0.05, 0) is 37.1 Å². The van der Waals surface area contributed by atoms with E-state index in [1.165, 1.54) is 0 Å². The molecule has 0 fully saturated rings. The second-order valence-electron chi connectivity index (χ2n) is 4.60. The van der Waals surface area contributed by atoms with Crippen LogP contribution in [0.3, 0.4) is 0 Å². The van der Waals surface area contributed by atoms with Crippen molar-refractivity contribution in [1.82, 2.24) is 15.4 Å². The second-order valence-corrected chi connectivity index (χ2v) is 6.33. The summed E-state index contributed by atoms with van der Waals surface area (Å²) >= 11 is 0. The van der Waals surface area contributed by atoms with E-state index in [0.29, 0.717) is 19.5 Å². The van der Waals surface area contributed by atoms with Gasteiger partial charge in [0.25, 0.3) is 0 Å². The molecule has 0 saturated carbocycles. The quantitative estimate of drug-likeness (QED) is 0.699. The number of amides is 1. The van der Waals surface area contributed by atoms with Crippen LogP contribution in [0.5, 0.6) is 0 Å². The van der Waals surface area contributed by atoms with E-state index in [2.05, 4.69) is 15.4 Å². The smallest absolute Gasteiger partial charge is 0.241 e. The molecule has 0 atom stereocenters. The maximum Gasteiger partial charge on any atom is 0.241 e. The number of nitrogens with one attached hydrogen (secondary N) is 3. The summed E-state index contributed by atoms with van der Waals surface area (Å²) in [6.07, 6.45) is 0.674. The highest BCUT2D eigenvalue weighted by Crippen LogP contribution is 2.22. The van der Waals surface area contributed by atoms with Crippen LogP contribution in [0.4, 0.5) is 0 Å². The zero-order valence-electron chi connectivity index (χ0n) is 11.4. The van der Waals surface area contributed by atoms with Crippen LogP contribution in [0.25, 0.3) is 0 Å². The molecule has 0 spiro atoms. The van der Waals surface area contributed by atoms with Gasteiger partial charge >= 0.3 is 0 Å². The first kappa shape index (κ1) is 15.0. The molecule has 2 rings (SSSR count). The van der Waals surface area contributed by atoms with Crippen molar-refractivity contribution in [3.63, 3.8) is 0 Å². The third kappa shape index (κ3) is 3.36. The summed E-state index contributed by atoms with van der Waals surface area (Å²) in [5.74, 6) is -0.331. The first-order valence-corrected chi connectivity index (χ1v) is 8.10. The Balaban J connectivity index is 2.19. The van der Waals surface area contributed by atoms with Crippen LogP contribution < -0.4 is 15.4 Å². The van der Waals surface area contributed by atoms with Crippen LogP contribution in [0.15, 0.2) is 23.1 Å². The lowest BCUT2D eigenvalue weighted by Gasteiger charge is -2.20. The van der Waals surface area contributed by atoms with E-state index in [1.807, 2.05) is 6.07 Å². The topological polar surface area (TPSA) is 87.3 Å². The van der Waals surface area contributed by atoms with Crippen molar-refractivity contribution in [3.05, 3.63) is 29.3 Å². The van der Waals surface area contributed by atoms with Crippen molar-refractivity contribution >= 4 is 15.9 Å². The molecule has 6 nitrogen and oxygen atoms in total. The Bertz CT molecular complexity index is 599. The standard InChI is InChI=1S/C13H19N3O3S/c1-2-15-13(17)9-16-20(18,19)12-5-3-4-10-8-14-7-6-11(10)12/h3-5,14,16H,2,6-9H2,1H3,(H,15,17). The third-order valence-electron chi connectivity index (χ3n) is 3.18. The summed E-state index contributed by atoms with van der Waals surface area (Å²) in [6, 6.07) is 5.24. The SMILES string of the molecule is CCNC(=O)CNS(=O)(=O)c1cccc2c1CCNC2. The van der Waals surface area contributed by atoms with E-state index >= 15 is 0 Å². The summed E-state index contributed by atoms with van der Waals surface area (Å²) < 4.78 is 27.0. The fourth-order valence-electron chi connectivity index (χ4n) is 2.25. The molecule has 1 aliphatic rings. The van der Waals surface area contributed by atoms with Gasteiger partial charge in [0, 0.05) is 13.1 Å². The van der Waals surface area contributed by atoms with Crippen molar-refractivity contribution in [1.29, 1.82) is 0 Å². The molecule has 0 bridgehead atoms. The molecule has 1 aromatic rings. The van der Waals surface area contributed by atoms with Gasteiger partial charge in [0.15, 0.2) is 0 Å². The van der Waals surface area contributed by atoms with Crippen molar-refractivity contribution in [2.45, 2.75) is 24.8 Å². The molecule has 3 N–H and O–H groups in total. The molecule has 0 radical (unpaired) electrons. The fourth-order valence-corrected chi connectivity index (χ4v) is 3.54. The number of sulfonamides is 1.